The van der Waals surface area contributed by atoms with E-state index in [2.05, 4.69) is 5.32 Å². The molecule has 2 aromatic rings. The van der Waals surface area contributed by atoms with E-state index in [4.69, 9.17) is 11.6 Å². The van der Waals surface area contributed by atoms with Crippen LogP contribution in [-0.2, 0) is 4.79 Å². The number of benzene rings is 2. The number of halogens is 1. The Kier molecular flexibility index (Phi) is 4.64. The van der Waals surface area contributed by atoms with E-state index in [1.807, 2.05) is 37.3 Å². The van der Waals surface area contributed by atoms with E-state index in [1.54, 1.807) is 24.3 Å². The lowest BCUT2D eigenvalue weighted by Crippen LogP contribution is -2.34. The van der Waals surface area contributed by atoms with Gasteiger partial charge in [-0.2, -0.15) is 0 Å². The third kappa shape index (κ3) is 3.52. The molecule has 2 unspecified atom stereocenters. The van der Waals surface area contributed by atoms with Crippen molar-refractivity contribution in [1.82, 2.24) is 0 Å². The van der Waals surface area contributed by atoms with Crippen LogP contribution in [0.15, 0.2) is 54.6 Å². The molecule has 0 aromatic heterocycles. The van der Waals surface area contributed by atoms with Gasteiger partial charge in [-0.15, -0.1) is 0 Å². The highest BCUT2D eigenvalue weighted by Crippen LogP contribution is 2.23. The summed E-state index contributed by atoms with van der Waals surface area (Å²) in [7, 11) is 0. The minimum Gasteiger partial charge on any atom is -0.480 e. The van der Waals surface area contributed by atoms with Gasteiger partial charge in [-0.3, -0.25) is 0 Å². The van der Waals surface area contributed by atoms with Crippen molar-refractivity contribution in [1.29, 1.82) is 0 Å². The number of nitrogens with one attached hydrogen (secondary N) is 1. The fourth-order valence-corrected chi connectivity index (χ4v) is 2.20. The SMILES string of the molecule is CC(c1ccccc1)C(Nc1ccc(Cl)cc1)C(=O)O. The Morgan fingerprint density at radius 1 is 1.10 bits per heavy atom. The van der Waals surface area contributed by atoms with Gasteiger partial charge < -0.3 is 10.4 Å². The van der Waals surface area contributed by atoms with Gasteiger partial charge in [0.05, 0.1) is 0 Å². The van der Waals surface area contributed by atoms with E-state index in [1.165, 1.54) is 0 Å². The molecule has 2 atom stereocenters. The lowest BCUT2D eigenvalue weighted by atomic mass is 9.93. The normalized spacial score (nSPS) is 13.5. The Balaban J connectivity index is 2.19. The summed E-state index contributed by atoms with van der Waals surface area (Å²) in [6.07, 6.45) is 0. The summed E-state index contributed by atoms with van der Waals surface area (Å²) in [5, 5.41) is 13.1. The number of carbonyl (C=O) groups is 1. The molecule has 0 radical (unpaired) electrons. The summed E-state index contributed by atoms with van der Waals surface area (Å²) >= 11 is 5.83. The Bertz CT molecular complexity index is 569. The maximum Gasteiger partial charge on any atom is 0.326 e. The molecule has 0 bridgehead atoms. The maximum atomic E-state index is 11.5. The van der Waals surface area contributed by atoms with Crippen molar-refractivity contribution < 1.29 is 9.90 Å². The van der Waals surface area contributed by atoms with Gasteiger partial charge in [0.25, 0.3) is 0 Å². The van der Waals surface area contributed by atoms with Crippen molar-refractivity contribution in [3.05, 3.63) is 65.2 Å². The Labute approximate surface area is 123 Å². The van der Waals surface area contributed by atoms with E-state index in [9.17, 15) is 9.90 Å². The summed E-state index contributed by atoms with van der Waals surface area (Å²) in [4.78, 5) is 11.5. The first kappa shape index (κ1) is 14.4. The summed E-state index contributed by atoms with van der Waals surface area (Å²) < 4.78 is 0. The molecule has 2 N–H and O–H groups in total. The molecular weight excluding hydrogens is 274 g/mol. The Morgan fingerprint density at radius 2 is 1.70 bits per heavy atom. The van der Waals surface area contributed by atoms with Crippen LogP contribution in [0.4, 0.5) is 5.69 Å². The lowest BCUT2D eigenvalue weighted by Gasteiger charge is -2.23. The summed E-state index contributed by atoms with van der Waals surface area (Å²) in [5.41, 5.74) is 1.73. The van der Waals surface area contributed by atoms with E-state index in [0.717, 1.165) is 11.3 Å². The van der Waals surface area contributed by atoms with Gasteiger partial charge in [0.2, 0.25) is 0 Å². The van der Waals surface area contributed by atoms with Crippen LogP contribution in [-0.4, -0.2) is 17.1 Å². The van der Waals surface area contributed by atoms with Crippen molar-refractivity contribution in [3.8, 4) is 0 Å². The molecule has 4 heteroatoms. The molecule has 0 amide bonds. The molecular formula is C16H16ClNO2. The molecule has 2 rings (SSSR count). The van der Waals surface area contributed by atoms with E-state index in [0.29, 0.717) is 5.02 Å². The van der Waals surface area contributed by atoms with Crippen molar-refractivity contribution in [3.63, 3.8) is 0 Å². The minimum absolute atomic E-state index is 0.149. The number of aliphatic carboxylic acids is 1. The van der Waals surface area contributed by atoms with Gasteiger partial charge >= 0.3 is 5.97 Å². The van der Waals surface area contributed by atoms with Crippen LogP contribution in [0.25, 0.3) is 0 Å². The van der Waals surface area contributed by atoms with Gasteiger partial charge in [0.15, 0.2) is 0 Å². The predicted octanol–water partition coefficient (Wildman–Crippen LogP) is 4.01. The number of hydrogen-bond acceptors (Lipinski definition) is 2. The first-order valence-electron chi connectivity index (χ1n) is 6.38. The zero-order chi connectivity index (χ0) is 14.5. The predicted molar refractivity (Wildman–Crippen MR) is 81.4 cm³/mol. The van der Waals surface area contributed by atoms with Crippen molar-refractivity contribution in [2.45, 2.75) is 18.9 Å². The van der Waals surface area contributed by atoms with Gasteiger partial charge in [-0.25, -0.2) is 4.79 Å². The summed E-state index contributed by atoms with van der Waals surface area (Å²) in [6, 6.07) is 15.9. The molecule has 0 heterocycles. The zero-order valence-electron chi connectivity index (χ0n) is 11.1. The van der Waals surface area contributed by atoms with E-state index >= 15 is 0 Å². The first-order chi connectivity index (χ1) is 9.58. The molecule has 104 valence electrons. The molecule has 20 heavy (non-hydrogen) atoms. The van der Waals surface area contributed by atoms with Crippen molar-refractivity contribution >= 4 is 23.3 Å². The van der Waals surface area contributed by atoms with Gasteiger partial charge in [0.1, 0.15) is 6.04 Å². The molecule has 2 aromatic carbocycles. The second-order valence-electron chi connectivity index (χ2n) is 4.67. The molecule has 0 aliphatic carbocycles. The molecule has 0 saturated carbocycles. The summed E-state index contributed by atoms with van der Waals surface area (Å²) in [6.45, 7) is 1.90. The van der Waals surface area contributed by atoms with Crippen LogP contribution in [0.1, 0.15) is 18.4 Å². The minimum atomic E-state index is -0.878. The van der Waals surface area contributed by atoms with Crippen molar-refractivity contribution in [2.75, 3.05) is 5.32 Å². The fraction of sp³-hybridized carbons (Fsp3) is 0.188. The van der Waals surface area contributed by atoms with Gasteiger partial charge in [-0.1, -0.05) is 48.9 Å². The Morgan fingerprint density at radius 3 is 2.25 bits per heavy atom. The van der Waals surface area contributed by atoms with E-state index in [-0.39, 0.29) is 5.92 Å². The third-order valence-electron chi connectivity index (χ3n) is 3.26. The molecule has 0 aliphatic rings. The number of hydrogen-bond donors (Lipinski definition) is 2. The van der Waals surface area contributed by atoms with E-state index < -0.39 is 12.0 Å². The van der Waals surface area contributed by atoms with Crippen LogP contribution in [0.2, 0.25) is 5.02 Å². The van der Waals surface area contributed by atoms with Crippen LogP contribution < -0.4 is 5.32 Å². The van der Waals surface area contributed by atoms with Gasteiger partial charge in [0, 0.05) is 16.6 Å². The topological polar surface area (TPSA) is 49.3 Å². The standard InChI is InChI=1S/C16H16ClNO2/c1-11(12-5-3-2-4-6-12)15(16(19)20)18-14-9-7-13(17)8-10-14/h2-11,15,18H,1H3,(H,19,20). The maximum absolute atomic E-state index is 11.5. The zero-order valence-corrected chi connectivity index (χ0v) is 11.8. The van der Waals surface area contributed by atoms with Crippen LogP contribution in [0.3, 0.4) is 0 Å². The van der Waals surface area contributed by atoms with Crippen LogP contribution >= 0.6 is 11.6 Å². The lowest BCUT2D eigenvalue weighted by molar-refractivity contribution is -0.138. The number of anilines is 1. The average Bonchev–Trinajstić information content (AvgIpc) is 2.46. The first-order valence-corrected chi connectivity index (χ1v) is 6.75. The molecule has 0 fully saturated rings. The second-order valence-corrected chi connectivity index (χ2v) is 5.10. The highest BCUT2D eigenvalue weighted by Gasteiger charge is 2.25. The largest absolute Gasteiger partial charge is 0.480 e. The average molecular weight is 290 g/mol. The Hall–Kier alpha value is -2.00. The molecule has 0 saturated heterocycles. The number of carboxylic acids is 1. The number of carboxylic acid groups (broad SMARTS) is 1. The highest BCUT2D eigenvalue weighted by molar-refractivity contribution is 6.30. The van der Waals surface area contributed by atoms with Crippen molar-refractivity contribution in [2.24, 2.45) is 0 Å². The second kappa shape index (κ2) is 6.44. The molecule has 3 nitrogen and oxygen atoms in total. The highest BCUT2D eigenvalue weighted by atomic mass is 35.5. The third-order valence-corrected chi connectivity index (χ3v) is 3.51. The van der Waals surface area contributed by atoms with Gasteiger partial charge in [-0.05, 0) is 29.8 Å². The molecule has 0 spiro atoms. The van der Waals surface area contributed by atoms with Crippen LogP contribution in [0.5, 0.6) is 0 Å². The number of rotatable bonds is 5. The quantitative estimate of drug-likeness (QED) is 0.874. The summed E-state index contributed by atoms with van der Waals surface area (Å²) in [5.74, 6) is -1.03. The fourth-order valence-electron chi connectivity index (χ4n) is 2.08. The monoisotopic (exact) mass is 289 g/mol. The smallest absolute Gasteiger partial charge is 0.326 e. The van der Waals surface area contributed by atoms with Crippen LogP contribution in [0, 0.1) is 0 Å². The molecule has 0 aliphatic heterocycles.